The summed E-state index contributed by atoms with van der Waals surface area (Å²) in [5.41, 5.74) is -0.307. The summed E-state index contributed by atoms with van der Waals surface area (Å²) < 4.78 is 37.0. The minimum absolute atomic E-state index is 0.0129. The number of halogens is 3. The molecule has 0 amide bonds. The average Bonchev–Trinajstić information content (AvgIpc) is 2.43. The number of hydrogen-bond donors (Lipinski definition) is 0. The van der Waals surface area contributed by atoms with Gasteiger partial charge in [0.2, 0.25) is 0 Å². The monoisotopic (exact) mass is 378 g/mol. The van der Waals surface area contributed by atoms with E-state index in [0.717, 1.165) is 18.6 Å². The summed E-state index contributed by atoms with van der Waals surface area (Å²) in [6.45, 7) is 1.75. The van der Waals surface area contributed by atoms with Gasteiger partial charge in [0.1, 0.15) is 18.2 Å². The van der Waals surface area contributed by atoms with Gasteiger partial charge < -0.3 is 9.47 Å². The molecule has 0 atom stereocenters. The van der Waals surface area contributed by atoms with Crippen molar-refractivity contribution in [1.29, 1.82) is 0 Å². The van der Waals surface area contributed by atoms with Crippen LogP contribution in [0.4, 0.5) is 8.78 Å². The van der Waals surface area contributed by atoms with Gasteiger partial charge in [-0.1, -0.05) is 22.9 Å². The molecular formula is C15H17BrF2O4. The van der Waals surface area contributed by atoms with Gasteiger partial charge in [-0.05, 0) is 25.0 Å². The van der Waals surface area contributed by atoms with Gasteiger partial charge in [-0.2, -0.15) is 0 Å². The fourth-order valence-corrected chi connectivity index (χ4v) is 2.00. The van der Waals surface area contributed by atoms with E-state index in [1.807, 2.05) is 6.92 Å². The zero-order valence-corrected chi connectivity index (χ0v) is 13.8. The largest absolute Gasteiger partial charge is 0.466 e. The number of rotatable bonds is 8. The highest BCUT2D eigenvalue weighted by Crippen LogP contribution is 2.20. The van der Waals surface area contributed by atoms with Gasteiger partial charge in [-0.3, -0.25) is 9.59 Å². The highest BCUT2D eigenvalue weighted by Gasteiger charge is 2.13. The molecular weight excluding hydrogens is 362 g/mol. The number of hydrogen-bond acceptors (Lipinski definition) is 4. The van der Waals surface area contributed by atoms with Gasteiger partial charge in [0.05, 0.1) is 12.2 Å². The Hall–Kier alpha value is -1.50. The molecule has 0 saturated heterocycles. The van der Waals surface area contributed by atoms with Gasteiger partial charge in [-0.25, -0.2) is 8.78 Å². The smallest absolute Gasteiger partial charge is 0.306 e. The first-order valence-corrected chi connectivity index (χ1v) is 7.68. The highest BCUT2D eigenvalue weighted by molar-refractivity contribution is 9.10. The summed E-state index contributed by atoms with van der Waals surface area (Å²) in [6.07, 6.45) is 1.10. The standard InChI is InChI=1S/C15H17BrF2O4/c1-2-6-21-14(19)4-3-5-15(20)22-9-11-12(17)7-10(16)8-13(11)18/h7-8H,2-6,9H2,1H3. The van der Waals surface area contributed by atoms with E-state index in [9.17, 15) is 18.4 Å². The van der Waals surface area contributed by atoms with Crippen molar-refractivity contribution in [3.8, 4) is 0 Å². The Morgan fingerprint density at radius 2 is 1.64 bits per heavy atom. The minimum Gasteiger partial charge on any atom is -0.466 e. The molecule has 0 heterocycles. The van der Waals surface area contributed by atoms with Crippen LogP contribution in [0.15, 0.2) is 16.6 Å². The second-order valence-corrected chi connectivity index (χ2v) is 5.50. The normalized spacial score (nSPS) is 10.4. The fraction of sp³-hybridized carbons (Fsp3) is 0.467. The summed E-state index contributed by atoms with van der Waals surface area (Å²) in [7, 11) is 0. The van der Waals surface area contributed by atoms with E-state index in [2.05, 4.69) is 15.9 Å². The van der Waals surface area contributed by atoms with Crippen molar-refractivity contribution in [3.05, 3.63) is 33.8 Å². The minimum atomic E-state index is -0.789. The molecule has 122 valence electrons. The third-order valence-corrected chi connectivity index (χ3v) is 3.17. The van der Waals surface area contributed by atoms with Gasteiger partial charge >= 0.3 is 11.9 Å². The number of carbonyl (C=O) groups is 2. The third kappa shape index (κ3) is 6.51. The van der Waals surface area contributed by atoms with E-state index in [1.165, 1.54) is 0 Å². The summed E-state index contributed by atoms with van der Waals surface area (Å²) in [6, 6.07) is 2.19. The summed E-state index contributed by atoms with van der Waals surface area (Å²) >= 11 is 2.96. The van der Waals surface area contributed by atoms with Crippen LogP contribution in [0, 0.1) is 11.6 Å². The van der Waals surface area contributed by atoms with Crippen LogP contribution in [0.2, 0.25) is 0 Å². The lowest BCUT2D eigenvalue weighted by molar-refractivity contribution is -0.146. The van der Waals surface area contributed by atoms with Crippen molar-refractivity contribution in [2.24, 2.45) is 0 Å². The number of carbonyl (C=O) groups excluding carboxylic acids is 2. The molecule has 0 unspecified atom stereocenters. The van der Waals surface area contributed by atoms with Crippen molar-refractivity contribution >= 4 is 27.9 Å². The van der Waals surface area contributed by atoms with Crippen LogP contribution >= 0.6 is 15.9 Å². The molecule has 0 saturated carbocycles. The summed E-state index contributed by atoms with van der Waals surface area (Å²) in [5, 5.41) is 0. The van der Waals surface area contributed by atoms with E-state index in [-0.39, 0.29) is 35.3 Å². The Balaban J connectivity index is 2.33. The van der Waals surface area contributed by atoms with Gasteiger partial charge in [0, 0.05) is 17.3 Å². The van der Waals surface area contributed by atoms with Crippen LogP contribution in [0.1, 0.15) is 38.2 Å². The molecule has 0 aromatic heterocycles. The third-order valence-electron chi connectivity index (χ3n) is 2.71. The first-order chi connectivity index (χ1) is 10.4. The van der Waals surface area contributed by atoms with Crippen LogP contribution in [0.25, 0.3) is 0 Å². The number of ether oxygens (including phenoxy) is 2. The topological polar surface area (TPSA) is 52.6 Å². The van der Waals surface area contributed by atoms with Crippen molar-refractivity contribution in [1.82, 2.24) is 0 Å². The molecule has 0 spiro atoms. The molecule has 0 aliphatic carbocycles. The lowest BCUT2D eigenvalue weighted by atomic mass is 10.2. The lowest BCUT2D eigenvalue weighted by Gasteiger charge is -2.07. The Morgan fingerprint density at radius 3 is 2.18 bits per heavy atom. The molecule has 1 rings (SSSR count). The summed E-state index contributed by atoms with van der Waals surface area (Å²) in [5.74, 6) is -2.57. The SMILES string of the molecule is CCCOC(=O)CCCC(=O)OCc1c(F)cc(Br)cc1F. The van der Waals surface area contributed by atoms with Crippen LogP contribution in [0.3, 0.4) is 0 Å². The molecule has 1 aromatic carbocycles. The van der Waals surface area contributed by atoms with Gasteiger partial charge in [0.15, 0.2) is 0 Å². The Morgan fingerprint density at radius 1 is 1.09 bits per heavy atom. The van der Waals surface area contributed by atoms with Crippen LogP contribution in [0.5, 0.6) is 0 Å². The second-order valence-electron chi connectivity index (χ2n) is 4.58. The maximum absolute atomic E-state index is 13.5. The number of benzene rings is 1. The van der Waals surface area contributed by atoms with Gasteiger partial charge in [0.25, 0.3) is 0 Å². The van der Waals surface area contributed by atoms with E-state index < -0.39 is 24.2 Å². The van der Waals surface area contributed by atoms with E-state index in [0.29, 0.717) is 6.61 Å². The maximum atomic E-state index is 13.5. The molecule has 0 aliphatic rings. The molecule has 0 aliphatic heterocycles. The van der Waals surface area contributed by atoms with Crippen LogP contribution in [-0.2, 0) is 25.7 Å². The predicted octanol–water partition coefficient (Wildman–Crippen LogP) is 3.89. The van der Waals surface area contributed by atoms with Crippen molar-refractivity contribution in [3.63, 3.8) is 0 Å². The van der Waals surface area contributed by atoms with E-state index in [4.69, 9.17) is 9.47 Å². The molecule has 7 heteroatoms. The maximum Gasteiger partial charge on any atom is 0.306 e. The number of esters is 2. The van der Waals surface area contributed by atoms with Crippen LogP contribution in [-0.4, -0.2) is 18.5 Å². The zero-order valence-electron chi connectivity index (χ0n) is 12.2. The Kier molecular flexibility index (Phi) is 8.01. The van der Waals surface area contributed by atoms with Crippen molar-refractivity contribution < 1.29 is 27.8 Å². The second kappa shape index (κ2) is 9.50. The Labute approximate surface area is 135 Å². The molecule has 1 aromatic rings. The van der Waals surface area contributed by atoms with E-state index >= 15 is 0 Å². The quantitative estimate of drug-likeness (QED) is 0.643. The van der Waals surface area contributed by atoms with E-state index in [1.54, 1.807) is 0 Å². The molecule has 4 nitrogen and oxygen atoms in total. The first-order valence-electron chi connectivity index (χ1n) is 6.88. The molecule has 0 fully saturated rings. The average molecular weight is 379 g/mol. The molecule has 0 radical (unpaired) electrons. The molecule has 22 heavy (non-hydrogen) atoms. The van der Waals surface area contributed by atoms with Gasteiger partial charge in [-0.15, -0.1) is 0 Å². The lowest BCUT2D eigenvalue weighted by Crippen LogP contribution is -2.09. The molecule has 0 bridgehead atoms. The summed E-state index contributed by atoms with van der Waals surface area (Å²) in [4.78, 5) is 22.7. The van der Waals surface area contributed by atoms with Crippen LogP contribution < -0.4 is 0 Å². The molecule has 0 N–H and O–H groups in total. The Bertz CT molecular complexity index is 511. The van der Waals surface area contributed by atoms with Crippen molar-refractivity contribution in [2.45, 2.75) is 39.2 Å². The first kappa shape index (κ1) is 18.5. The highest BCUT2D eigenvalue weighted by atomic mass is 79.9. The fourth-order valence-electron chi connectivity index (χ4n) is 1.60. The predicted molar refractivity (Wildman–Crippen MR) is 79.0 cm³/mol. The van der Waals surface area contributed by atoms with Crippen molar-refractivity contribution in [2.75, 3.05) is 6.61 Å². The zero-order chi connectivity index (χ0) is 16.5.